The van der Waals surface area contributed by atoms with Gasteiger partial charge in [-0.25, -0.2) is 0 Å². The van der Waals surface area contributed by atoms with Crippen molar-refractivity contribution in [2.75, 3.05) is 7.11 Å². The maximum absolute atomic E-state index is 9.89. The molecule has 1 aromatic carbocycles. The molecular weight excluding hydrogens is 260 g/mol. The van der Waals surface area contributed by atoms with E-state index in [1.165, 1.54) is 7.11 Å². The lowest BCUT2D eigenvalue weighted by atomic mass is 10.0. The number of halogens is 1. The summed E-state index contributed by atoms with van der Waals surface area (Å²) >= 11 is 3.39. The van der Waals surface area contributed by atoms with Crippen molar-refractivity contribution in [1.82, 2.24) is 0 Å². The third-order valence-electron chi connectivity index (χ3n) is 2.31. The molecule has 1 atom stereocenters. The molecule has 2 N–H and O–H groups in total. The van der Waals surface area contributed by atoms with Gasteiger partial charge in [-0.05, 0) is 25.5 Å². The van der Waals surface area contributed by atoms with E-state index in [9.17, 15) is 10.2 Å². The maximum Gasteiger partial charge on any atom is 0.161 e. The van der Waals surface area contributed by atoms with Gasteiger partial charge >= 0.3 is 0 Å². The Labute approximate surface area is 97.8 Å². The second kappa shape index (κ2) is 4.86. The van der Waals surface area contributed by atoms with Crippen LogP contribution in [0.1, 0.15) is 18.1 Å². The minimum atomic E-state index is -0.492. The summed E-state index contributed by atoms with van der Waals surface area (Å²) in [7, 11) is 1.50. The highest BCUT2D eigenvalue weighted by Crippen LogP contribution is 2.37. The molecule has 0 bridgehead atoms. The average molecular weight is 275 g/mol. The van der Waals surface area contributed by atoms with E-state index in [0.717, 1.165) is 15.6 Å². The number of ether oxygens (including phenoxy) is 1. The van der Waals surface area contributed by atoms with Crippen LogP contribution < -0.4 is 4.74 Å². The molecular formula is C11H15BrO3. The van der Waals surface area contributed by atoms with Crippen LogP contribution in [0.3, 0.4) is 0 Å². The van der Waals surface area contributed by atoms with Crippen molar-refractivity contribution in [3.8, 4) is 11.5 Å². The van der Waals surface area contributed by atoms with Crippen molar-refractivity contribution in [3.63, 3.8) is 0 Å². The summed E-state index contributed by atoms with van der Waals surface area (Å²) < 4.78 is 5.91. The van der Waals surface area contributed by atoms with Gasteiger partial charge in [0.1, 0.15) is 0 Å². The minimum absolute atomic E-state index is 0.110. The summed E-state index contributed by atoms with van der Waals surface area (Å²) in [6, 6.07) is 1.72. The van der Waals surface area contributed by atoms with E-state index in [-0.39, 0.29) is 5.75 Å². The van der Waals surface area contributed by atoms with Gasteiger partial charge in [0.25, 0.3) is 0 Å². The zero-order chi connectivity index (χ0) is 11.6. The number of rotatable bonds is 3. The van der Waals surface area contributed by atoms with Gasteiger partial charge in [0.15, 0.2) is 11.5 Å². The predicted octanol–water partition coefficient (Wildman–Crippen LogP) is 2.40. The largest absolute Gasteiger partial charge is 0.504 e. The molecule has 1 aromatic rings. The highest BCUT2D eigenvalue weighted by atomic mass is 79.9. The first-order valence-electron chi connectivity index (χ1n) is 4.70. The van der Waals surface area contributed by atoms with Crippen LogP contribution in [0.25, 0.3) is 0 Å². The Kier molecular flexibility index (Phi) is 3.99. The third kappa shape index (κ3) is 2.63. The molecule has 15 heavy (non-hydrogen) atoms. The topological polar surface area (TPSA) is 49.7 Å². The molecule has 0 aromatic heterocycles. The van der Waals surface area contributed by atoms with Gasteiger partial charge in [-0.1, -0.05) is 15.9 Å². The van der Waals surface area contributed by atoms with Crippen LogP contribution in [0.2, 0.25) is 0 Å². The lowest BCUT2D eigenvalue weighted by molar-refractivity contribution is 0.193. The minimum Gasteiger partial charge on any atom is -0.504 e. The average Bonchev–Trinajstić information content (AvgIpc) is 2.18. The zero-order valence-electron chi connectivity index (χ0n) is 9.04. The molecule has 84 valence electrons. The van der Waals surface area contributed by atoms with Crippen LogP contribution in [0.15, 0.2) is 10.5 Å². The van der Waals surface area contributed by atoms with E-state index >= 15 is 0 Å². The molecule has 0 aliphatic rings. The van der Waals surface area contributed by atoms with Crippen molar-refractivity contribution in [2.24, 2.45) is 0 Å². The fourth-order valence-electron chi connectivity index (χ4n) is 1.46. The van der Waals surface area contributed by atoms with Crippen molar-refractivity contribution in [3.05, 3.63) is 21.7 Å². The van der Waals surface area contributed by atoms with Gasteiger partial charge < -0.3 is 14.9 Å². The molecule has 0 spiro atoms. The number of aliphatic hydroxyl groups excluding tert-OH is 1. The SMILES string of the molecule is COc1cc(Br)c(C)c(CC(C)O)c1O. The number of phenolic OH excluding ortho intramolecular Hbond substituents is 1. The highest BCUT2D eigenvalue weighted by Gasteiger charge is 2.15. The summed E-state index contributed by atoms with van der Waals surface area (Å²) in [6.07, 6.45) is -0.0818. The lowest BCUT2D eigenvalue weighted by Crippen LogP contribution is -2.07. The van der Waals surface area contributed by atoms with E-state index in [1.807, 2.05) is 6.92 Å². The number of hydrogen-bond acceptors (Lipinski definition) is 3. The molecule has 0 saturated carbocycles. The van der Waals surface area contributed by atoms with Gasteiger partial charge in [0.05, 0.1) is 13.2 Å². The number of aliphatic hydroxyl groups is 1. The zero-order valence-corrected chi connectivity index (χ0v) is 10.6. The normalized spacial score (nSPS) is 12.6. The maximum atomic E-state index is 9.89. The quantitative estimate of drug-likeness (QED) is 0.890. The molecule has 0 heterocycles. The summed E-state index contributed by atoms with van der Waals surface area (Å²) in [5.41, 5.74) is 1.64. The molecule has 0 aliphatic carbocycles. The first-order valence-corrected chi connectivity index (χ1v) is 5.49. The van der Waals surface area contributed by atoms with Crippen molar-refractivity contribution < 1.29 is 14.9 Å². The van der Waals surface area contributed by atoms with E-state index < -0.39 is 6.10 Å². The number of phenols is 1. The molecule has 1 rings (SSSR count). The lowest BCUT2D eigenvalue weighted by Gasteiger charge is -2.14. The van der Waals surface area contributed by atoms with Crippen molar-refractivity contribution in [2.45, 2.75) is 26.4 Å². The summed E-state index contributed by atoms with van der Waals surface area (Å²) in [5.74, 6) is 0.530. The van der Waals surface area contributed by atoms with Crippen LogP contribution in [0.4, 0.5) is 0 Å². The van der Waals surface area contributed by atoms with Gasteiger partial charge in [-0.3, -0.25) is 0 Å². The summed E-state index contributed by atoms with van der Waals surface area (Å²) in [5, 5.41) is 19.2. The Morgan fingerprint density at radius 2 is 2.13 bits per heavy atom. The van der Waals surface area contributed by atoms with Crippen LogP contribution in [-0.4, -0.2) is 23.4 Å². The van der Waals surface area contributed by atoms with Crippen molar-refractivity contribution in [1.29, 1.82) is 0 Å². The van der Waals surface area contributed by atoms with Crippen LogP contribution in [0.5, 0.6) is 11.5 Å². The Morgan fingerprint density at radius 3 is 2.60 bits per heavy atom. The second-order valence-corrected chi connectivity index (χ2v) is 4.42. The third-order valence-corrected chi connectivity index (χ3v) is 3.13. The second-order valence-electron chi connectivity index (χ2n) is 3.57. The smallest absolute Gasteiger partial charge is 0.161 e. The Bertz CT molecular complexity index is 361. The molecule has 0 amide bonds. The number of hydrogen-bond donors (Lipinski definition) is 2. The summed E-state index contributed by atoms with van der Waals surface area (Å²) in [6.45, 7) is 3.58. The molecule has 0 fully saturated rings. The molecule has 0 radical (unpaired) electrons. The van der Waals surface area contributed by atoms with E-state index in [0.29, 0.717) is 12.2 Å². The van der Waals surface area contributed by atoms with Crippen molar-refractivity contribution >= 4 is 15.9 Å². The van der Waals surface area contributed by atoms with Crippen LogP contribution >= 0.6 is 15.9 Å². The predicted molar refractivity (Wildman–Crippen MR) is 62.5 cm³/mol. The number of aromatic hydroxyl groups is 1. The monoisotopic (exact) mass is 274 g/mol. The van der Waals surface area contributed by atoms with E-state index in [1.54, 1.807) is 13.0 Å². The summed E-state index contributed by atoms with van der Waals surface area (Å²) in [4.78, 5) is 0. The Morgan fingerprint density at radius 1 is 1.53 bits per heavy atom. The van der Waals surface area contributed by atoms with Gasteiger partial charge in [0.2, 0.25) is 0 Å². The van der Waals surface area contributed by atoms with Gasteiger partial charge in [0, 0.05) is 16.5 Å². The van der Waals surface area contributed by atoms with Gasteiger partial charge in [-0.15, -0.1) is 0 Å². The highest BCUT2D eigenvalue weighted by molar-refractivity contribution is 9.10. The molecule has 3 nitrogen and oxygen atoms in total. The van der Waals surface area contributed by atoms with E-state index in [4.69, 9.17) is 4.74 Å². The van der Waals surface area contributed by atoms with E-state index in [2.05, 4.69) is 15.9 Å². The fraction of sp³-hybridized carbons (Fsp3) is 0.455. The van der Waals surface area contributed by atoms with Gasteiger partial charge in [-0.2, -0.15) is 0 Å². The van der Waals surface area contributed by atoms with Crippen LogP contribution in [-0.2, 0) is 6.42 Å². The molecule has 4 heteroatoms. The molecule has 1 unspecified atom stereocenters. The molecule has 0 aliphatic heterocycles. The Hall–Kier alpha value is -0.740. The first kappa shape index (κ1) is 12.3. The Balaban J connectivity index is 3.27. The standard InChI is InChI=1S/C11H15BrO3/c1-6(13)4-8-7(2)9(12)5-10(15-3)11(8)14/h5-6,13-14H,4H2,1-3H3. The fourth-order valence-corrected chi connectivity index (χ4v) is 1.91. The van der Waals surface area contributed by atoms with Crippen LogP contribution in [0, 0.1) is 6.92 Å². The first-order chi connectivity index (χ1) is 6.97. The molecule has 0 saturated heterocycles. The number of methoxy groups -OCH3 is 1. The number of benzene rings is 1.